The lowest BCUT2D eigenvalue weighted by Gasteiger charge is -1.82. The number of hydrogen-bond donors (Lipinski definition) is 0. The molecule has 0 bridgehead atoms. The molecule has 0 nitrogen and oxygen atoms in total. The van der Waals surface area contributed by atoms with Crippen molar-refractivity contribution >= 4 is 15.9 Å². The Balaban J connectivity index is 0.000000151. The number of benzene rings is 3. The van der Waals surface area contributed by atoms with Gasteiger partial charge in [0.15, 0.2) is 0 Å². The molecule has 20 heavy (non-hydrogen) atoms. The van der Waals surface area contributed by atoms with Gasteiger partial charge in [0.25, 0.3) is 0 Å². The number of aryl methyl sites for hydroxylation is 1. The van der Waals surface area contributed by atoms with Crippen LogP contribution >= 0.6 is 15.9 Å². The van der Waals surface area contributed by atoms with Gasteiger partial charge in [0.2, 0.25) is 0 Å². The number of rotatable bonds is 0. The molecule has 0 spiro atoms. The predicted octanol–water partition coefficient (Wildman–Crippen LogP) is 6.13. The largest absolute Gasteiger partial charge is 0.0623 e. The van der Waals surface area contributed by atoms with Gasteiger partial charge in [0.1, 0.15) is 0 Å². The van der Waals surface area contributed by atoms with Crippen LogP contribution in [0.1, 0.15) is 5.56 Å². The normalized spacial score (nSPS) is 8.50. The summed E-state index contributed by atoms with van der Waals surface area (Å²) in [5.74, 6) is 0. The maximum atomic E-state index is 3.31. The number of halogens is 1. The molecule has 3 aromatic rings. The molecule has 102 valence electrons. The van der Waals surface area contributed by atoms with Gasteiger partial charge in [-0.3, -0.25) is 0 Å². The van der Waals surface area contributed by atoms with Crippen LogP contribution in [0.15, 0.2) is 102 Å². The van der Waals surface area contributed by atoms with Crippen LogP contribution in [-0.2, 0) is 0 Å². The van der Waals surface area contributed by atoms with E-state index < -0.39 is 0 Å². The molecule has 0 aliphatic heterocycles. The molecule has 0 aromatic heterocycles. The van der Waals surface area contributed by atoms with Crippen LogP contribution in [0.2, 0.25) is 0 Å². The zero-order valence-corrected chi connectivity index (χ0v) is 13.2. The average Bonchev–Trinajstić information content (AvgIpc) is 2.52. The van der Waals surface area contributed by atoms with Crippen molar-refractivity contribution < 1.29 is 0 Å². The summed E-state index contributed by atoms with van der Waals surface area (Å²) < 4.78 is 1.13. The highest BCUT2D eigenvalue weighted by atomic mass is 79.9. The molecule has 0 atom stereocenters. The highest BCUT2D eigenvalue weighted by Gasteiger charge is 1.74. The molecular weight excluding hydrogens is 308 g/mol. The summed E-state index contributed by atoms with van der Waals surface area (Å²) in [6, 6.07) is 32.2. The highest BCUT2D eigenvalue weighted by molar-refractivity contribution is 9.10. The molecule has 0 fully saturated rings. The third-order valence-corrected chi connectivity index (χ3v) is 2.87. The van der Waals surface area contributed by atoms with Crippen molar-refractivity contribution in [2.24, 2.45) is 0 Å². The fraction of sp³-hybridized carbons (Fsp3) is 0.0526. The Morgan fingerprint density at radius 3 is 1.00 bits per heavy atom. The van der Waals surface area contributed by atoms with Crippen LogP contribution in [0, 0.1) is 6.92 Å². The molecule has 0 radical (unpaired) electrons. The lowest BCUT2D eigenvalue weighted by Crippen LogP contribution is -1.62. The molecule has 3 aromatic carbocycles. The Morgan fingerprint density at radius 1 is 0.500 bits per heavy atom. The first-order chi connectivity index (χ1) is 9.79. The minimum atomic E-state index is 1.13. The SMILES string of the molecule is Brc1ccccc1.Cc1ccccc1.c1ccccc1. The van der Waals surface area contributed by atoms with Gasteiger partial charge in [-0.15, -0.1) is 0 Å². The topological polar surface area (TPSA) is 0 Å². The van der Waals surface area contributed by atoms with Gasteiger partial charge in [-0.2, -0.15) is 0 Å². The fourth-order valence-corrected chi connectivity index (χ4v) is 1.64. The van der Waals surface area contributed by atoms with Crippen molar-refractivity contribution in [3.8, 4) is 0 Å². The molecule has 0 saturated carbocycles. The van der Waals surface area contributed by atoms with E-state index in [4.69, 9.17) is 0 Å². The van der Waals surface area contributed by atoms with E-state index >= 15 is 0 Å². The molecule has 0 unspecified atom stereocenters. The van der Waals surface area contributed by atoms with Crippen LogP contribution < -0.4 is 0 Å². The quantitative estimate of drug-likeness (QED) is 0.466. The van der Waals surface area contributed by atoms with E-state index in [2.05, 4.69) is 35.0 Å². The van der Waals surface area contributed by atoms with E-state index in [0.717, 1.165) is 4.47 Å². The molecule has 0 amide bonds. The van der Waals surface area contributed by atoms with Crippen molar-refractivity contribution in [1.82, 2.24) is 0 Å². The Morgan fingerprint density at radius 2 is 0.800 bits per heavy atom. The van der Waals surface area contributed by atoms with Crippen LogP contribution in [0.4, 0.5) is 0 Å². The molecule has 0 aliphatic rings. The van der Waals surface area contributed by atoms with Gasteiger partial charge in [-0.1, -0.05) is 106 Å². The van der Waals surface area contributed by atoms with Crippen LogP contribution in [-0.4, -0.2) is 0 Å². The lowest BCUT2D eigenvalue weighted by molar-refractivity contribution is 1.48. The number of hydrogen-bond acceptors (Lipinski definition) is 0. The molecule has 0 saturated heterocycles. The molecule has 0 aliphatic carbocycles. The Bertz CT molecular complexity index is 468. The standard InChI is InChI=1S/C7H8.C6H5Br.C6H6/c1-7-5-3-2-4-6-7;7-6-4-2-1-3-5-6;1-2-4-6-5-3-1/h2-6H,1H3;1-5H;1-6H. The van der Waals surface area contributed by atoms with Crippen molar-refractivity contribution in [2.45, 2.75) is 6.92 Å². The van der Waals surface area contributed by atoms with Gasteiger partial charge >= 0.3 is 0 Å². The minimum absolute atomic E-state index is 1.13. The van der Waals surface area contributed by atoms with E-state index in [-0.39, 0.29) is 0 Å². The van der Waals surface area contributed by atoms with E-state index in [1.807, 2.05) is 84.9 Å². The molecular formula is C19H19Br. The van der Waals surface area contributed by atoms with Crippen molar-refractivity contribution in [3.63, 3.8) is 0 Å². The first kappa shape index (κ1) is 16.2. The van der Waals surface area contributed by atoms with Gasteiger partial charge in [-0.25, -0.2) is 0 Å². The molecule has 1 heteroatoms. The van der Waals surface area contributed by atoms with Gasteiger partial charge in [0, 0.05) is 4.47 Å². The third kappa shape index (κ3) is 9.12. The van der Waals surface area contributed by atoms with E-state index in [9.17, 15) is 0 Å². The molecule has 0 N–H and O–H groups in total. The zero-order chi connectivity index (χ0) is 14.5. The smallest absolute Gasteiger partial charge is 0.0175 e. The first-order valence-corrected chi connectivity index (χ1v) is 7.30. The van der Waals surface area contributed by atoms with E-state index in [1.165, 1.54) is 5.56 Å². The van der Waals surface area contributed by atoms with Crippen LogP contribution in [0.3, 0.4) is 0 Å². The van der Waals surface area contributed by atoms with Gasteiger partial charge in [0.05, 0.1) is 0 Å². The zero-order valence-electron chi connectivity index (χ0n) is 11.6. The summed E-state index contributed by atoms with van der Waals surface area (Å²) >= 11 is 3.31. The second-order valence-corrected chi connectivity index (χ2v) is 5.02. The first-order valence-electron chi connectivity index (χ1n) is 6.51. The van der Waals surface area contributed by atoms with Crippen molar-refractivity contribution in [3.05, 3.63) is 107 Å². The van der Waals surface area contributed by atoms with E-state index in [0.29, 0.717) is 0 Å². The summed E-state index contributed by atoms with van der Waals surface area (Å²) in [5.41, 5.74) is 1.32. The van der Waals surface area contributed by atoms with Gasteiger partial charge in [-0.05, 0) is 19.1 Å². The molecule has 0 heterocycles. The fourth-order valence-electron chi connectivity index (χ4n) is 1.33. The maximum Gasteiger partial charge on any atom is 0.0175 e. The third-order valence-electron chi connectivity index (χ3n) is 2.34. The van der Waals surface area contributed by atoms with Crippen LogP contribution in [0.25, 0.3) is 0 Å². The predicted molar refractivity (Wildman–Crippen MR) is 91.8 cm³/mol. The second-order valence-electron chi connectivity index (χ2n) is 4.10. The van der Waals surface area contributed by atoms with Gasteiger partial charge < -0.3 is 0 Å². The van der Waals surface area contributed by atoms with Crippen molar-refractivity contribution in [1.29, 1.82) is 0 Å². The lowest BCUT2D eigenvalue weighted by atomic mass is 10.2. The Labute approximate surface area is 130 Å². The highest BCUT2D eigenvalue weighted by Crippen LogP contribution is 2.05. The monoisotopic (exact) mass is 326 g/mol. The summed E-state index contributed by atoms with van der Waals surface area (Å²) in [6.07, 6.45) is 0. The Kier molecular flexibility index (Phi) is 8.91. The average molecular weight is 327 g/mol. The Hall–Kier alpha value is -1.86. The van der Waals surface area contributed by atoms with Crippen molar-refractivity contribution in [2.75, 3.05) is 0 Å². The summed E-state index contributed by atoms with van der Waals surface area (Å²) in [4.78, 5) is 0. The minimum Gasteiger partial charge on any atom is -0.0623 e. The van der Waals surface area contributed by atoms with E-state index in [1.54, 1.807) is 0 Å². The summed E-state index contributed by atoms with van der Waals surface area (Å²) in [7, 11) is 0. The summed E-state index contributed by atoms with van der Waals surface area (Å²) in [6.45, 7) is 2.08. The maximum absolute atomic E-state index is 3.31. The summed E-state index contributed by atoms with van der Waals surface area (Å²) in [5, 5.41) is 0. The van der Waals surface area contributed by atoms with Crippen LogP contribution in [0.5, 0.6) is 0 Å². The molecule has 3 rings (SSSR count). The second kappa shape index (κ2) is 11.0.